The number of hydrogen-bond donors (Lipinski definition) is 1. The molecule has 2 aliphatic heterocycles. The van der Waals surface area contributed by atoms with E-state index >= 15 is 0 Å². The Morgan fingerprint density at radius 2 is 1.58 bits per heavy atom. The van der Waals surface area contributed by atoms with Crippen LogP contribution in [0.2, 0.25) is 0 Å². The van der Waals surface area contributed by atoms with Crippen LogP contribution in [-0.4, -0.2) is 80.0 Å². The second kappa shape index (κ2) is 9.99. The van der Waals surface area contributed by atoms with Crippen LogP contribution in [0.15, 0.2) is 42.5 Å². The predicted molar refractivity (Wildman–Crippen MR) is 122 cm³/mol. The summed E-state index contributed by atoms with van der Waals surface area (Å²) in [6.07, 6.45) is 0. The standard InChI is InChI=1S/C24H27FN4O4/c1-17(30)26-20-5-6-22(21(16-20)24(32)29-11-13-33-14-12-29)27-7-9-28(10-8-27)23(31)18-3-2-4-19(25)15-18/h2-6,15-16H,7-14H2,1H3,(H,26,30). The van der Waals surface area contributed by atoms with Crippen LogP contribution in [0, 0.1) is 5.82 Å². The third kappa shape index (κ3) is 5.31. The summed E-state index contributed by atoms with van der Waals surface area (Å²) < 4.78 is 18.9. The minimum Gasteiger partial charge on any atom is -0.378 e. The normalized spacial score (nSPS) is 16.5. The van der Waals surface area contributed by atoms with Gasteiger partial charge in [0.1, 0.15) is 5.82 Å². The van der Waals surface area contributed by atoms with Crippen molar-refractivity contribution in [3.8, 4) is 0 Å². The van der Waals surface area contributed by atoms with Crippen LogP contribution in [0.4, 0.5) is 15.8 Å². The largest absolute Gasteiger partial charge is 0.378 e. The van der Waals surface area contributed by atoms with Crippen LogP contribution in [0.3, 0.4) is 0 Å². The van der Waals surface area contributed by atoms with Gasteiger partial charge in [-0.1, -0.05) is 6.07 Å². The lowest BCUT2D eigenvalue weighted by molar-refractivity contribution is -0.114. The second-order valence-corrected chi connectivity index (χ2v) is 8.11. The Bertz CT molecular complexity index is 1050. The van der Waals surface area contributed by atoms with Crippen LogP contribution in [0.5, 0.6) is 0 Å². The molecular weight excluding hydrogens is 427 g/mol. The molecule has 9 heteroatoms. The second-order valence-electron chi connectivity index (χ2n) is 8.11. The van der Waals surface area contributed by atoms with Gasteiger partial charge in [-0.3, -0.25) is 14.4 Å². The average molecular weight is 455 g/mol. The Labute approximate surface area is 191 Å². The molecule has 0 unspecified atom stereocenters. The number of amides is 3. The van der Waals surface area contributed by atoms with Crippen LogP contribution in [0.25, 0.3) is 0 Å². The lowest BCUT2D eigenvalue weighted by Crippen LogP contribution is -2.49. The third-order valence-electron chi connectivity index (χ3n) is 5.82. The molecule has 0 aromatic heterocycles. The number of carbonyl (C=O) groups is 3. The van der Waals surface area contributed by atoms with Gasteiger partial charge in [-0.15, -0.1) is 0 Å². The Morgan fingerprint density at radius 3 is 2.24 bits per heavy atom. The van der Waals surface area contributed by atoms with E-state index < -0.39 is 5.82 Å². The molecule has 8 nitrogen and oxygen atoms in total. The van der Waals surface area contributed by atoms with Crippen LogP contribution in [-0.2, 0) is 9.53 Å². The first kappa shape index (κ1) is 22.7. The third-order valence-corrected chi connectivity index (χ3v) is 5.82. The Kier molecular flexibility index (Phi) is 6.88. The zero-order valence-corrected chi connectivity index (χ0v) is 18.6. The van der Waals surface area contributed by atoms with Gasteiger partial charge in [-0.25, -0.2) is 4.39 Å². The number of nitrogens with one attached hydrogen (secondary N) is 1. The number of benzene rings is 2. The fourth-order valence-corrected chi connectivity index (χ4v) is 4.16. The summed E-state index contributed by atoms with van der Waals surface area (Å²) in [5.74, 6) is -0.972. The van der Waals surface area contributed by atoms with E-state index in [9.17, 15) is 18.8 Å². The van der Waals surface area contributed by atoms with E-state index in [1.165, 1.54) is 25.1 Å². The highest BCUT2D eigenvalue weighted by Gasteiger charge is 2.27. The van der Waals surface area contributed by atoms with Crippen LogP contribution >= 0.6 is 0 Å². The number of hydrogen-bond acceptors (Lipinski definition) is 5. The molecule has 3 amide bonds. The molecule has 2 fully saturated rings. The molecule has 0 aliphatic carbocycles. The Hall–Kier alpha value is -3.46. The number of carbonyl (C=O) groups excluding carboxylic acids is 3. The van der Waals surface area contributed by atoms with Crippen molar-refractivity contribution in [2.24, 2.45) is 0 Å². The van der Waals surface area contributed by atoms with Gasteiger partial charge in [0.05, 0.1) is 18.8 Å². The fourth-order valence-electron chi connectivity index (χ4n) is 4.16. The van der Waals surface area contributed by atoms with Crippen LogP contribution in [0.1, 0.15) is 27.6 Å². The molecule has 2 aromatic carbocycles. The summed E-state index contributed by atoms with van der Waals surface area (Å²) in [6, 6.07) is 11.0. The lowest BCUT2D eigenvalue weighted by Gasteiger charge is -2.37. The zero-order valence-electron chi connectivity index (χ0n) is 18.6. The van der Waals surface area contributed by atoms with Crippen molar-refractivity contribution in [1.29, 1.82) is 0 Å². The van der Waals surface area contributed by atoms with E-state index in [4.69, 9.17) is 4.74 Å². The molecule has 0 bridgehead atoms. The summed E-state index contributed by atoms with van der Waals surface area (Å²) in [7, 11) is 0. The molecule has 2 aromatic rings. The number of rotatable bonds is 4. The van der Waals surface area contributed by atoms with Crippen molar-refractivity contribution in [3.05, 3.63) is 59.4 Å². The maximum atomic E-state index is 13.5. The van der Waals surface area contributed by atoms with E-state index in [2.05, 4.69) is 10.2 Å². The molecule has 33 heavy (non-hydrogen) atoms. The number of nitrogens with zero attached hydrogens (tertiary/aromatic N) is 3. The van der Waals surface area contributed by atoms with Crippen molar-refractivity contribution in [1.82, 2.24) is 9.80 Å². The van der Waals surface area contributed by atoms with E-state index in [0.717, 1.165) is 5.69 Å². The molecule has 174 valence electrons. The van der Waals surface area contributed by atoms with Gasteiger partial charge in [-0.2, -0.15) is 0 Å². The number of halogens is 1. The summed E-state index contributed by atoms with van der Waals surface area (Å²) in [5.41, 5.74) is 2.15. The van der Waals surface area contributed by atoms with Crippen molar-refractivity contribution < 1.29 is 23.5 Å². The lowest BCUT2D eigenvalue weighted by atomic mass is 10.1. The zero-order chi connectivity index (χ0) is 23.4. The average Bonchev–Trinajstić information content (AvgIpc) is 2.83. The maximum absolute atomic E-state index is 13.5. The van der Waals surface area contributed by atoms with Gasteiger partial charge >= 0.3 is 0 Å². The monoisotopic (exact) mass is 454 g/mol. The van der Waals surface area contributed by atoms with Crippen LogP contribution < -0.4 is 10.2 Å². The van der Waals surface area contributed by atoms with Crippen molar-refractivity contribution in [3.63, 3.8) is 0 Å². The predicted octanol–water partition coefficient (Wildman–Crippen LogP) is 2.22. The molecule has 2 aliphatic rings. The summed E-state index contributed by atoms with van der Waals surface area (Å²) in [6.45, 7) is 5.40. The first-order valence-corrected chi connectivity index (χ1v) is 11.0. The highest BCUT2D eigenvalue weighted by atomic mass is 19.1. The number of anilines is 2. The minimum absolute atomic E-state index is 0.112. The Balaban J connectivity index is 1.52. The summed E-state index contributed by atoms with van der Waals surface area (Å²) in [5, 5.41) is 2.74. The van der Waals surface area contributed by atoms with E-state index in [1.54, 1.807) is 28.0 Å². The molecule has 0 spiro atoms. The van der Waals surface area contributed by atoms with Gasteiger partial charge in [0.2, 0.25) is 5.91 Å². The topological polar surface area (TPSA) is 82.2 Å². The SMILES string of the molecule is CC(=O)Nc1ccc(N2CCN(C(=O)c3cccc(F)c3)CC2)c(C(=O)N2CCOCC2)c1. The Morgan fingerprint density at radius 1 is 0.879 bits per heavy atom. The highest BCUT2D eigenvalue weighted by Crippen LogP contribution is 2.28. The fraction of sp³-hybridized carbons (Fsp3) is 0.375. The van der Waals surface area contributed by atoms with Gasteiger partial charge in [0.25, 0.3) is 11.8 Å². The van der Waals surface area contributed by atoms with Gasteiger partial charge in [0.15, 0.2) is 0 Å². The molecule has 0 radical (unpaired) electrons. The van der Waals surface area contributed by atoms with Gasteiger partial charge in [-0.05, 0) is 36.4 Å². The maximum Gasteiger partial charge on any atom is 0.256 e. The smallest absolute Gasteiger partial charge is 0.256 e. The quantitative estimate of drug-likeness (QED) is 0.766. The van der Waals surface area contributed by atoms with E-state index in [-0.39, 0.29) is 17.7 Å². The van der Waals surface area contributed by atoms with Gasteiger partial charge < -0.3 is 24.8 Å². The molecule has 2 saturated heterocycles. The van der Waals surface area contributed by atoms with E-state index in [1.807, 2.05) is 6.07 Å². The number of piperazine rings is 1. The highest BCUT2D eigenvalue weighted by molar-refractivity contribution is 6.02. The molecule has 1 N–H and O–H groups in total. The van der Waals surface area contributed by atoms with Gasteiger partial charge in [0, 0.05) is 63.1 Å². The number of ether oxygens (including phenoxy) is 1. The molecule has 0 atom stereocenters. The van der Waals surface area contributed by atoms with Crippen molar-refractivity contribution >= 4 is 29.1 Å². The van der Waals surface area contributed by atoms with Crippen molar-refractivity contribution in [2.75, 3.05) is 62.7 Å². The molecule has 0 saturated carbocycles. The molecule has 2 heterocycles. The minimum atomic E-state index is -0.440. The summed E-state index contributed by atoms with van der Waals surface area (Å²) in [4.78, 5) is 43.1. The summed E-state index contributed by atoms with van der Waals surface area (Å²) >= 11 is 0. The number of morpholine rings is 1. The van der Waals surface area contributed by atoms with E-state index in [0.29, 0.717) is 69.3 Å². The first-order chi connectivity index (χ1) is 15.9. The molecular formula is C24H27FN4O4. The van der Waals surface area contributed by atoms with Crippen molar-refractivity contribution in [2.45, 2.75) is 6.92 Å². The first-order valence-electron chi connectivity index (χ1n) is 11.0. The molecule has 4 rings (SSSR count).